The molecule has 106 valence electrons. The van der Waals surface area contributed by atoms with Crippen LogP contribution in [-0.4, -0.2) is 38.7 Å². The van der Waals surface area contributed by atoms with E-state index in [2.05, 4.69) is 15.6 Å². The fourth-order valence-corrected chi connectivity index (χ4v) is 2.44. The summed E-state index contributed by atoms with van der Waals surface area (Å²) in [5, 5.41) is 19.7. The molecule has 2 N–H and O–H groups in total. The van der Waals surface area contributed by atoms with Crippen LogP contribution in [0, 0.1) is 0 Å². The second-order valence-electron chi connectivity index (χ2n) is 5.10. The molecule has 1 aliphatic carbocycles. The highest BCUT2D eigenvalue weighted by atomic mass is 16.3. The van der Waals surface area contributed by atoms with Gasteiger partial charge in [0.1, 0.15) is 0 Å². The summed E-state index contributed by atoms with van der Waals surface area (Å²) in [6.07, 6.45) is 8.66. The Morgan fingerprint density at radius 1 is 1.42 bits per heavy atom. The minimum atomic E-state index is 0.0703. The van der Waals surface area contributed by atoms with E-state index in [-0.39, 0.29) is 12.5 Å². The van der Waals surface area contributed by atoms with E-state index in [0.717, 1.165) is 18.5 Å². The van der Waals surface area contributed by atoms with Crippen molar-refractivity contribution in [2.45, 2.75) is 57.5 Å². The maximum Gasteiger partial charge on any atom is 0.222 e. The summed E-state index contributed by atoms with van der Waals surface area (Å²) in [6, 6.07) is 0.363. The van der Waals surface area contributed by atoms with Crippen molar-refractivity contribution in [3.63, 3.8) is 0 Å². The van der Waals surface area contributed by atoms with Crippen LogP contribution >= 0.6 is 0 Å². The summed E-state index contributed by atoms with van der Waals surface area (Å²) in [5.41, 5.74) is 0.759. The molecular weight excluding hydrogens is 244 g/mol. The second kappa shape index (κ2) is 7.23. The summed E-state index contributed by atoms with van der Waals surface area (Å²) in [7, 11) is 0. The molecular formula is C13H22N4O2. The van der Waals surface area contributed by atoms with Gasteiger partial charge in [0.15, 0.2) is 0 Å². The van der Waals surface area contributed by atoms with Gasteiger partial charge in [0.05, 0.1) is 12.2 Å². The van der Waals surface area contributed by atoms with E-state index in [1.165, 1.54) is 19.3 Å². The van der Waals surface area contributed by atoms with Crippen LogP contribution in [-0.2, 0) is 17.8 Å². The SMILES string of the molecule is O=C(CCn1cc(CCO)nn1)NC1CCCCC1. The van der Waals surface area contributed by atoms with Crippen molar-refractivity contribution in [1.82, 2.24) is 20.3 Å². The van der Waals surface area contributed by atoms with Crippen molar-refractivity contribution in [3.05, 3.63) is 11.9 Å². The van der Waals surface area contributed by atoms with E-state index < -0.39 is 0 Å². The molecule has 19 heavy (non-hydrogen) atoms. The summed E-state index contributed by atoms with van der Waals surface area (Å²) >= 11 is 0. The van der Waals surface area contributed by atoms with Crippen LogP contribution in [0.15, 0.2) is 6.20 Å². The van der Waals surface area contributed by atoms with Gasteiger partial charge in [0, 0.05) is 31.7 Å². The lowest BCUT2D eigenvalue weighted by molar-refractivity contribution is -0.122. The summed E-state index contributed by atoms with van der Waals surface area (Å²) in [5.74, 6) is 0.0890. The third-order valence-electron chi connectivity index (χ3n) is 3.49. The number of aryl methyl sites for hydroxylation is 1. The Morgan fingerprint density at radius 2 is 2.21 bits per heavy atom. The van der Waals surface area contributed by atoms with Gasteiger partial charge in [-0.2, -0.15) is 0 Å². The predicted molar refractivity (Wildman–Crippen MR) is 70.4 cm³/mol. The minimum absolute atomic E-state index is 0.0703. The highest BCUT2D eigenvalue weighted by Gasteiger charge is 2.15. The van der Waals surface area contributed by atoms with Crippen LogP contribution in [0.4, 0.5) is 0 Å². The Hall–Kier alpha value is -1.43. The highest BCUT2D eigenvalue weighted by Crippen LogP contribution is 2.17. The van der Waals surface area contributed by atoms with Crippen molar-refractivity contribution < 1.29 is 9.90 Å². The van der Waals surface area contributed by atoms with Gasteiger partial charge in [-0.3, -0.25) is 9.48 Å². The standard InChI is InChI=1S/C13H22N4O2/c18-9-7-12-10-17(16-15-12)8-6-13(19)14-11-4-2-1-3-5-11/h10-11,18H,1-9H2,(H,14,19). The van der Waals surface area contributed by atoms with Gasteiger partial charge in [-0.1, -0.05) is 24.5 Å². The first kappa shape index (κ1) is 14.0. The van der Waals surface area contributed by atoms with Gasteiger partial charge < -0.3 is 10.4 Å². The van der Waals surface area contributed by atoms with E-state index >= 15 is 0 Å². The lowest BCUT2D eigenvalue weighted by atomic mass is 9.95. The smallest absolute Gasteiger partial charge is 0.222 e. The normalized spacial score (nSPS) is 16.5. The quantitative estimate of drug-likeness (QED) is 0.792. The lowest BCUT2D eigenvalue weighted by Gasteiger charge is -2.22. The summed E-state index contributed by atoms with van der Waals surface area (Å²) < 4.78 is 1.66. The molecule has 0 radical (unpaired) electrons. The van der Waals surface area contributed by atoms with Crippen LogP contribution < -0.4 is 5.32 Å². The monoisotopic (exact) mass is 266 g/mol. The van der Waals surface area contributed by atoms with Gasteiger partial charge in [-0.05, 0) is 12.8 Å². The van der Waals surface area contributed by atoms with E-state index in [1.54, 1.807) is 10.9 Å². The Labute approximate surface area is 113 Å². The number of hydrogen-bond donors (Lipinski definition) is 2. The zero-order valence-corrected chi connectivity index (χ0v) is 11.2. The first-order valence-electron chi connectivity index (χ1n) is 7.07. The van der Waals surface area contributed by atoms with Gasteiger partial charge in [0.2, 0.25) is 5.91 Å². The molecule has 0 atom stereocenters. The average Bonchev–Trinajstić information content (AvgIpc) is 2.86. The van der Waals surface area contributed by atoms with Crippen LogP contribution in [0.2, 0.25) is 0 Å². The van der Waals surface area contributed by atoms with Crippen molar-refractivity contribution in [3.8, 4) is 0 Å². The zero-order chi connectivity index (χ0) is 13.5. The number of amides is 1. The first-order chi connectivity index (χ1) is 9.28. The molecule has 6 heteroatoms. The topological polar surface area (TPSA) is 80.0 Å². The number of carbonyl (C=O) groups is 1. The molecule has 1 fully saturated rings. The molecule has 1 aliphatic rings. The Kier molecular flexibility index (Phi) is 5.32. The Bertz CT molecular complexity index is 399. The second-order valence-corrected chi connectivity index (χ2v) is 5.10. The van der Waals surface area contributed by atoms with Gasteiger partial charge in [-0.15, -0.1) is 5.10 Å². The Balaban J connectivity index is 1.69. The molecule has 0 unspecified atom stereocenters. The zero-order valence-electron chi connectivity index (χ0n) is 11.2. The number of carbonyl (C=O) groups excluding carboxylic acids is 1. The molecule has 0 bridgehead atoms. The third kappa shape index (κ3) is 4.63. The molecule has 0 aliphatic heterocycles. The maximum atomic E-state index is 11.8. The molecule has 6 nitrogen and oxygen atoms in total. The van der Waals surface area contributed by atoms with Gasteiger partial charge in [0.25, 0.3) is 0 Å². The largest absolute Gasteiger partial charge is 0.396 e. The van der Waals surface area contributed by atoms with Gasteiger partial charge >= 0.3 is 0 Å². The number of nitrogens with one attached hydrogen (secondary N) is 1. The molecule has 1 saturated carbocycles. The fraction of sp³-hybridized carbons (Fsp3) is 0.769. The van der Waals surface area contributed by atoms with E-state index in [9.17, 15) is 4.79 Å². The van der Waals surface area contributed by atoms with Crippen molar-refractivity contribution in [1.29, 1.82) is 0 Å². The molecule has 1 aromatic rings. The van der Waals surface area contributed by atoms with E-state index in [0.29, 0.717) is 25.4 Å². The number of aliphatic hydroxyl groups is 1. The lowest BCUT2D eigenvalue weighted by Crippen LogP contribution is -2.36. The molecule has 0 saturated heterocycles. The molecule has 0 aromatic carbocycles. The van der Waals surface area contributed by atoms with E-state index in [1.807, 2.05) is 0 Å². The van der Waals surface area contributed by atoms with Crippen LogP contribution in [0.3, 0.4) is 0 Å². The van der Waals surface area contributed by atoms with E-state index in [4.69, 9.17) is 5.11 Å². The molecule has 1 amide bonds. The third-order valence-corrected chi connectivity index (χ3v) is 3.49. The number of hydrogen-bond acceptors (Lipinski definition) is 4. The summed E-state index contributed by atoms with van der Waals surface area (Å²) in [4.78, 5) is 11.8. The number of aromatic nitrogens is 3. The van der Waals surface area contributed by atoms with Gasteiger partial charge in [-0.25, -0.2) is 0 Å². The van der Waals surface area contributed by atoms with Crippen LogP contribution in [0.5, 0.6) is 0 Å². The number of rotatable bonds is 6. The van der Waals surface area contributed by atoms with Crippen molar-refractivity contribution in [2.24, 2.45) is 0 Å². The molecule has 2 rings (SSSR count). The Morgan fingerprint density at radius 3 is 2.95 bits per heavy atom. The highest BCUT2D eigenvalue weighted by molar-refractivity contribution is 5.76. The predicted octanol–water partition coefficient (Wildman–Crippen LogP) is 0.652. The van der Waals surface area contributed by atoms with Crippen molar-refractivity contribution in [2.75, 3.05) is 6.61 Å². The van der Waals surface area contributed by atoms with Crippen LogP contribution in [0.1, 0.15) is 44.2 Å². The molecule has 1 aromatic heterocycles. The molecule has 0 spiro atoms. The number of aliphatic hydroxyl groups excluding tert-OH is 1. The summed E-state index contributed by atoms with van der Waals surface area (Å²) in [6.45, 7) is 0.609. The minimum Gasteiger partial charge on any atom is -0.396 e. The fourth-order valence-electron chi connectivity index (χ4n) is 2.44. The molecule has 1 heterocycles. The average molecular weight is 266 g/mol. The number of nitrogens with zero attached hydrogens (tertiary/aromatic N) is 3. The maximum absolute atomic E-state index is 11.8. The van der Waals surface area contributed by atoms with Crippen LogP contribution in [0.25, 0.3) is 0 Å². The van der Waals surface area contributed by atoms with Crippen molar-refractivity contribution >= 4 is 5.91 Å². The first-order valence-corrected chi connectivity index (χ1v) is 7.07.